The average Bonchev–Trinajstić information content (AvgIpc) is 2.97. The highest BCUT2D eigenvalue weighted by Crippen LogP contribution is 2.30. The fourth-order valence-electron chi connectivity index (χ4n) is 2.18. The van der Waals surface area contributed by atoms with Gasteiger partial charge in [-0.15, -0.1) is 11.3 Å². The molecule has 20 heavy (non-hydrogen) atoms. The minimum absolute atomic E-state index is 0.132. The third-order valence-corrected chi connectivity index (χ3v) is 4.42. The average molecular weight is 298 g/mol. The molecule has 0 atom stereocenters. The first kappa shape index (κ1) is 14.9. The second-order valence-electron chi connectivity index (χ2n) is 4.90. The lowest BCUT2D eigenvalue weighted by Gasteiger charge is -2.33. The summed E-state index contributed by atoms with van der Waals surface area (Å²) in [6.45, 7) is 1.03. The molecule has 1 aliphatic rings. The molecule has 0 spiro atoms. The molecular formula is C13H18N2O4S. The van der Waals surface area contributed by atoms with Crippen molar-refractivity contribution in [2.45, 2.75) is 25.7 Å². The number of ether oxygens (including phenoxy) is 1. The van der Waals surface area contributed by atoms with Crippen LogP contribution in [0.2, 0.25) is 0 Å². The lowest BCUT2D eigenvalue weighted by Crippen LogP contribution is -2.46. The van der Waals surface area contributed by atoms with Gasteiger partial charge in [0.1, 0.15) is 0 Å². The van der Waals surface area contributed by atoms with Crippen molar-refractivity contribution in [3.05, 3.63) is 16.6 Å². The number of amides is 1. The van der Waals surface area contributed by atoms with Crippen LogP contribution >= 0.6 is 11.3 Å². The van der Waals surface area contributed by atoms with Gasteiger partial charge in [-0.3, -0.25) is 9.59 Å². The van der Waals surface area contributed by atoms with E-state index < -0.39 is 11.4 Å². The van der Waals surface area contributed by atoms with Crippen LogP contribution in [0.15, 0.2) is 11.6 Å². The molecule has 110 valence electrons. The molecule has 0 saturated carbocycles. The molecule has 0 bridgehead atoms. The minimum Gasteiger partial charge on any atom is -0.481 e. The number of hydrogen-bond acceptors (Lipinski definition) is 5. The summed E-state index contributed by atoms with van der Waals surface area (Å²) in [4.78, 5) is 27.3. The zero-order valence-corrected chi connectivity index (χ0v) is 11.9. The standard InChI is InChI=1S/C13H18N2O4S/c16-10(1-2-11-14-5-8-20-11)15-9-13(12(17)18)3-6-19-7-4-13/h5,8H,1-4,6-7,9H2,(H,15,16)(H,17,18). The van der Waals surface area contributed by atoms with Crippen LogP contribution in [0.1, 0.15) is 24.3 Å². The van der Waals surface area contributed by atoms with Gasteiger partial charge in [-0.1, -0.05) is 0 Å². The molecule has 1 amide bonds. The van der Waals surface area contributed by atoms with Crippen LogP contribution in [0.4, 0.5) is 0 Å². The van der Waals surface area contributed by atoms with Gasteiger partial charge in [0.15, 0.2) is 0 Å². The van der Waals surface area contributed by atoms with Gasteiger partial charge in [0.05, 0.1) is 10.4 Å². The first-order valence-electron chi connectivity index (χ1n) is 6.59. The molecule has 2 N–H and O–H groups in total. The maximum atomic E-state index is 11.8. The lowest BCUT2D eigenvalue weighted by atomic mass is 9.80. The van der Waals surface area contributed by atoms with Crippen molar-refractivity contribution in [1.29, 1.82) is 0 Å². The Balaban J connectivity index is 1.80. The number of nitrogens with zero attached hydrogens (tertiary/aromatic N) is 1. The Kier molecular flexibility index (Phi) is 5.08. The molecule has 6 nitrogen and oxygen atoms in total. The Bertz CT molecular complexity index is 455. The molecule has 1 fully saturated rings. The van der Waals surface area contributed by atoms with Crippen LogP contribution in [-0.4, -0.2) is 41.7 Å². The van der Waals surface area contributed by atoms with E-state index in [1.54, 1.807) is 6.20 Å². The normalized spacial score (nSPS) is 17.6. The van der Waals surface area contributed by atoms with E-state index in [2.05, 4.69) is 10.3 Å². The summed E-state index contributed by atoms with van der Waals surface area (Å²) in [5.74, 6) is -0.992. The van der Waals surface area contributed by atoms with Crippen LogP contribution < -0.4 is 5.32 Å². The monoisotopic (exact) mass is 298 g/mol. The Morgan fingerprint density at radius 2 is 2.20 bits per heavy atom. The van der Waals surface area contributed by atoms with Gasteiger partial charge in [-0.2, -0.15) is 0 Å². The molecule has 1 aromatic heterocycles. The molecule has 0 radical (unpaired) electrons. The Labute approximate surface area is 121 Å². The molecule has 2 heterocycles. The molecule has 2 rings (SSSR count). The highest BCUT2D eigenvalue weighted by Gasteiger charge is 2.40. The summed E-state index contributed by atoms with van der Waals surface area (Å²) in [6, 6.07) is 0. The fraction of sp³-hybridized carbons (Fsp3) is 0.615. The molecule has 1 aliphatic heterocycles. The quantitative estimate of drug-likeness (QED) is 0.820. The third-order valence-electron chi connectivity index (χ3n) is 3.58. The first-order chi connectivity index (χ1) is 9.62. The van der Waals surface area contributed by atoms with Crippen molar-refractivity contribution in [3.8, 4) is 0 Å². The third kappa shape index (κ3) is 3.77. The van der Waals surface area contributed by atoms with Crippen molar-refractivity contribution in [3.63, 3.8) is 0 Å². The predicted octanol–water partition coefficient (Wildman–Crippen LogP) is 1.07. The van der Waals surface area contributed by atoms with Crippen LogP contribution in [0, 0.1) is 5.41 Å². The summed E-state index contributed by atoms with van der Waals surface area (Å²) in [6.07, 6.45) is 3.51. The Morgan fingerprint density at radius 1 is 1.45 bits per heavy atom. The number of thiazole rings is 1. The summed E-state index contributed by atoms with van der Waals surface area (Å²) < 4.78 is 5.20. The van der Waals surface area contributed by atoms with Gasteiger partial charge < -0.3 is 15.2 Å². The molecule has 1 aromatic rings. The maximum Gasteiger partial charge on any atom is 0.311 e. The number of nitrogens with one attached hydrogen (secondary N) is 1. The predicted molar refractivity (Wildman–Crippen MR) is 73.6 cm³/mol. The van der Waals surface area contributed by atoms with Gasteiger partial charge in [0.25, 0.3) is 0 Å². The summed E-state index contributed by atoms with van der Waals surface area (Å²) in [5.41, 5.74) is -0.880. The number of carbonyl (C=O) groups is 2. The molecule has 1 saturated heterocycles. The van der Waals surface area contributed by atoms with Gasteiger partial charge >= 0.3 is 5.97 Å². The number of carbonyl (C=O) groups excluding carboxylic acids is 1. The van der Waals surface area contributed by atoms with Gasteiger partial charge in [0, 0.05) is 44.2 Å². The van der Waals surface area contributed by atoms with Crippen LogP contribution in [0.25, 0.3) is 0 Å². The van der Waals surface area contributed by atoms with Gasteiger partial charge in [-0.25, -0.2) is 4.98 Å². The summed E-state index contributed by atoms with van der Waals surface area (Å²) in [7, 11) is 0. The number of aromatic nitrogens is 1. The van der Waals surface area contributed by atoms with Crippen molar-refractivity contribution in [1.82, 2.24) is 10.3 Å². The maximum absolute atomic E-state index is 11.8. The van der Waals surface area contributed by atoms with E-state index >= 15 is 0 Å². The van der Waals surface area contributed by atoms with Crippen molar-refractivity contribution in [2.24, 2.45) is 5.41 Å². The second kappa shape index (κ2) is 6.81. The number of aliphatic carboxylic acids is 1. The van der Waals surface area contributed by atoms with E-state index in [1.165, 1.54) is 11.3 Å². The smallest absolute Gasteiger partial charge is 0.311 e. The molecular weight excluding hydrogens is 280 g/mol. The van der Waals surface area contributed by atoms with Crippen molar-refractivity contribution in [2.75, 3.05) is 19.8 Å². The molecule has 0 unspecified atom stereocenters. The Hall–Kier alpha value is -1.47. The van der Waals surface area contributed by atoms with E-state index in [1.807, 2.05) is 5.38 Å². The summed E-state index contributed by atoms with van der Waals surface area (Å²) >= 11 is 1.51. The fourth-order valence-corrected chi connectivity index (χ4v) is 2.80. The van der Waals surface area contributed by atoms with Crippen molar-refractivity contribution < 1.29 is 19.4 Å². The van der Waals surface area contributed by atoms with E-state index in [4.69, 9.17) is 4.74 Å². The van der Waals surface area contributed by atoms with Crippen LogP contribution in [-0.2, 0) is 20.7 Å². The van der Waals surface area contributed by atoms with E-state index in [9.17, 15) is 14.7 Å². The molecule has 0 aliphatic carbocycles. The van der Waals surface area contributed by atoms with Crippen molar-refractivity contribution >= 4 is 23.2 Å². The van der Waals surface area contributed by atoms with E-state index in [-0.39, 0.29) is 12.5 Å². The number of carboxylic acid groups (broad SMARTS) is 1. The highest BCUT2D eigenvalue weighted by atomic mass is 32.1. The Morgan fingerprint density at radius 3 is 2.80 bits per heavy atom. The number of aryl methyl sites for hydroxylation is 1. The number of rotatable bonds is 6. The van der Waals surface area contributed by atoms with E-state index in [0.717, 1.165) is 5.01 Å². The largest absolute Gasteiger partial charge is 0.481 e. The molecule has 7 heteroatoms. The zero-order chi connectivity index (χ0) is 14.4. The lowest BCUT2D eigenvalue weighted by molar-refractivity contribution is -0.154. The van der Waals surface area contributed by atoms with Gasteiger partial charge in [0.2, 0.25) is 5.91 Å². The zero-order valence-electron chi connectivity index (χ0n) is 11.1. The SMILES string of the molecule is O=C(CCc1nccs1)NCC1(C(=O)O)CCOCC1. The van der Waals surface area contributed by atoms with Crippen LogP contribution in [0.3, 0.4) is 0 Å². The second-order valence-corrected chi connectivity index (χ2v) is 5.88. The highest BCUT2D eigenvalue weighted by molar-refractivity contribution is 7.09. The summed E-state index contributed by atoms with van der Waals surface area (Å²) in [5, 5.41) is 14.9. The van der Waals surface area contributed by atoms with Crippen LogP contribution in [0.5, 0.6) is 0 Å². The first-order valence-corrected chi connectivity index (χ1v) is 7.47. The topological polar surface area (TPSA) is 88.5 Å². The van der Waals surface area contributed by atoms with Gasteiger partial charge in [-0.05, 0) is 12.8 Å². The molecule has 0 aromatic carbocycles. The van der Waals surface area contributed by atoms with E-state index in [0.29, 0.717) is 38.9 Å². The number of hydrogen-bond donors (Lipinski definition) is 2. The minimum atomic E-state index is -0.880. The number of carboxylic acids is 1.